The number of nitrogens with zero attached hydrogens (tertiary/aromatic N) is 2. The van der Waals surface area contributed by atoms with Gasteiger partial charge in [-0.05, 0) is 18.4 Å². The number of hydrogen-bond donors (Lipinski definition) is 0. The van der Waals surface area contributed by atoms with Crippen LogP contribution < -0.4 is 0 Å². The summed E-state index contributed by atoms with van der Waals surface area (Å²) in [6.07, 6.45) is 1.99. The zero-order valence-electron chi connectivity index (χ0n) is 11.1. The highest BCUT2D eigenvalue weighted by atomic mass is 16.5. The van der Waals surface area contributed by atoms with Gasteiger partial charge in [0.2, 0.25) is 5.91 Å². The predicted octanol–water partition coefficient (Wildman–Crippen LogP) is 1.93. The Morgan fingerprint density at radius 3 is 2.84 bits per heavy atom. The average Bonchev–Trinajstić information content (AvgIpc) is 2.49. The molecule has 1 heterocycles. The maximum atomic E-state index is 12.4. The number of methoxy groups -OCH3 is 1. The summed E-state index contributed by atoms with van der Waals surface area (Å²) in [7, 11) is 1.66. The third-order valence-corrected chi connectivity index (χ3v) is 3.53. The van der Waals surface area contributed by atoms with Crippen molar-refractivity contribution in [2.24, 2.45) is 0 Å². The van der Waals surface area contributed by atoms with Crippen LogP contribution in [-0.4, -0.2) is 37.1 Å². The minimum absolute atomic E-state index is 0.0906. The van der Waals surface area contributed by atoms with Gasteiger partial charge in [-0.1, -0.05) is 30.3 Å². The molecular formula is C15H18N2O2. The highest BCUT2D eigenvalue weighted by Gasteiger charge is 2.29. The van der Waals surface area contributed by atoms with Gasteiger partial charge in [0.1, 0.15) is 5.92 Å². The van der Waals surface area contributed by atoms with Crippen LogP contribution in [0.2, 0.25) is 0 Å². The van der Waals surface area contributed by atoms with Gasteiger partial charge in [-0.3, -0.25) is 4.79 Å². The monoisotopic (exact) mass is 258 g/mol. The molecule has 0 N–H and O–H groups in total. The third kappa shape index (κ3) is 3.12. The van der Waals surface area contributed by atoms with Crippen LogP contribution in [0.1, 0.15) is 24.3 Å². The zero-order chi connectivity index (χ0) is 13.7. The Labute approximate surface area is 113 Å². The van der Waals surface area contributed by atoms with Crippen molar-refractivity contribution in [2.45, 2.75) is 24.9 Å². The maximum Gasteiger partial charge on any atom is 0.244 e. The van der Waals surface area contributed by atoms with Crippen LogP contribution in [0.25, 0.3) is 0 Å². The first kappa shape index (κ1) is 13.6. The average molecular weight is 258 g/mol. The van der Waals surface area contributed by atoms with Crippen molar-refractivity contribution in [3.05, 3.63) is 35.9 Å². The van der Waals surface area contributed by atoms with E-state index in [9.17, 15) is 10.1 Å². The number of rotatable bonds is 3. The number of hydrogen-bond acceptors (Lipinski definition) is 3. The van der Waals surface area contributed by atoms with E-state index in [4.69, 9.17) is 4.74 Å². The van der Waals surface area contributed by atoms with Crippen LogP contribution in [-0.2, 0) is 9.53 Å². The molecule has 2 unspecified atom stereocenters. The molecule has 1 aromatic carbocycles. The van der Waals surface area contributed by atoms with E-state index in [0.717, 1.165) is 18.4 Å². The Hall–Kier alpha value is -1.86. The van der Waals surface area contributed by atoms with Gasteiger partial charge in [-0.25, -0.2) is 0 Å². The number of amides is 1. The van der Waals surface area contributed by atoms with E-state index in [0.29, 0.717) is 13.1 Å². The molecule has 1 aromatic rings. The molecule has 100 valence electrons. The van der Waals surface area contributed by atoms with Gasteiger partial charge in [0, 0.05) is 20.2 Å². The van der Waals surface area contributed by atoms with Gasteiger partial charge in [-0.15, -0.1) is 0 Å². The van der Waals surface area contributed by atoms with E-state index in [1.165, 1.54) is 0 Å². The molecule has 0 aromatic heterocycles. The molecular weight excluding hydrogens is 240 g/mol. The lowest BCUT2D eigenvalue weighted by molar-refractivity contribution is -0.135. The van der Waals surface area contributed by atoms with Crippen LogP contribution in [0.5, 0.6) is 0 Å². The van der Waals surface area contributed by atoms with E-state index in [1.54, 1.807) is 12.0 Å². The van der Waals surface area contributed by atoms with Gasteiger partial charge >= 0.3 is 0 Å². The Morgan fingerprint density at radius 1 is 1.47 bits per heavy atom. The highest BCUT2D eigenvalue weighted by molar-refractivity contribution is 5.86. The molecule has 2 rings (SSSR count). The van der Waals surface area contributed by atoms with Gasteiger partial charge in [0.25, 0.3) is 0 Å². The molecule has 1 saturated heterocycles. The number of likely N-dealkylation sites (tertiary alicyclic amines) is 1. The summed E-state index contributed by atoms with van der Waals surface area (Å²) in [6, 6.07) is 11.3. The van der Waals surface area contributed by atoms with Crippen LogP contribution in [0.15, 0.2) is 30.3 Å². The minimum Gasteiger partial charge on any atom is -0.380 e. The number of ether oxygens (including phenoxy) is 1. The fourth-order valence-corrected chi connectivity index (χ4v) is 2.43. The molecule has 1 amide bonds. The van der Waals surface area contributed by atoms with Crippen molar-refractivity contribution in [1.29, 1.82) is 5.26 Å². The number of benzene rings is 1. The summed E-state index contributed by atoms with van der Waals surface area (Å²) >= 11 is 0. The van der Waals surface area contributed by atoms with Gasteiger partial charge < -0.3 is 9.64 Å². The quantitative estimate of drug-likeness (QED) is 0.832. The Balaban J connectivity index is 2.11. The van der Waals surface area contributed by atoms with Crippen LogP contribution in [0.3, 0.4) is 0 Å². The molecule has 1 aliphatic heterocycles. The summed E-state index contributed by atoms with van der Waals surface area (Å²) in [4.78, 5) is 14.2. The molecule has 2 atom stereocenters. The highest BCUT2D eigenvalue weighted by Crippen LogP contribution is 2.21. The minimum atomic E-state index is -0.711. The van der Waals surface area contributed by atoms with Crippen molar-refractivity contribution < 1.29 is 9.53 Å². The lowest BCUT2D eigenvalue weighted by atomic mass is 9.97. The number of carbonyl (C=O) groups is 1. The fraction of sp³-hybridized carbons (Fsp3) is 0.467. The molecule has 0 saturated carbocycles. The summed E-state index contributed by atoms with van der Waals surface area (Å²) in [5.74, 6) is -0.827. The van der Waals surface area contributed by atoms with Gasteiger partial charge in [0.05, 0.1) is 12.2 Å². The fourth-order valence-electron chi connectivity index (χ4n) is 2.43. The molecule has 0 radical (unpaired) electrons. The number of carbonyl (C=O) groups excluding carboxylic acids is 1. The Kier molecular flexibility index (Phi) is 4.53. The molecule has 4 nitrogen and oxygen atoms in total. The number of piperidine rings is 1. The van der Waals surface area contributed by atoms with Crippen LogP contribution in [0, 0.1) is 11.3 Å². The second-order valence-corrected chi connectivity index (χ2v) is 4.76. The van der Waals surface area contributed by atoms with Crippen molar-refractivity contribution in [3.8, 4) is 6.07 Å². The Bertz CT molecular complexity index is 467. The molecule has 19 heavy (non-hydrogen) atoms. The third-order valence-electron chi connectivity index (χ3n) is 3.53. The SMILES string of the molecule is COC1CCCN(C(=O)C(C#N)c2ccccc2)C1. The smallest absolute Gasteiger partial charge is 0.244 e. The molecule has 1 aliphatic rings. The molecule has 0 aliphatic carbocycles. The topological polar surface area (TPSA) is 53.3 Å². The van der Waals surface area contributed by atoms with Crippen LogP contribution in [0.4, 0.5) is 0 Å². The standard InChI is InChI=1S/C15H18N2O2/c1-19-13-8-5-9-17(11-13)15(18)14(10-16)12-6-3-2-4-7-12/h2-4,6-7,13-14H,5,8-9,11H2,1H3. The largest absolute Gasteiger partial charge is 0.380 e. The zero-order valence-corrected chi connectivity index (χ0v) is 11.1. The van der Waals surface area contributed by atoms with E-state index in [-0.39, 0.29) is 12.0 Å². The van der Waals surface area contributed by atoms with Crippen molar-refractivity contribution in [1.82, 2.24) is 4.90 Å². The first-order chi connectivity index (χ1) is 9.26. The van der Waals surface area contributed by atoms with E-state index < -0.39 is 5.92 Å². The molecule has 0 spiro atoms. The lowest BCUT2D eigenvalue weighted by Gasteiger charge is -2.33. The molecule has 1 fully saturated rings. The van der Waals surface area contributed by atoms with Crippen molar-refractivity contribution in [2.75, 3.05) is 20.2 Å². The number of nitriles is 1. The normalized spacial score (nSPS) is 20.6. The van der Waals surface area contributed by atoms with E-state index in [2.05, 4.69) is 6.07 Å². The molecule has 4 heteroatoms. The van der Waals surface area contributed by atoms with Gasteiger partial charge in [-0.2, -0.15) is 5.26 Å². The lowest BCUT2D eigenvalue weighted by Crippen LogP contribution is -2.44. The molecule has 0 bridgehead atoms. The van der Waals surface area contributed by atoms with E-state index >= 15 is 0 Å². The van der Waals surface area contributed by atoms with Crippen molar-refractivity contribution >= 4 is 5.91 Å². The summed E-state index contributed by atoms with van der Waals surface area (Å²) < 4.78 is 5.31. The predicted molar refractivity (Wildman–Crippen MR) is 71.4 cm³/mol. The summed E-state index contributed by atoms with van der Waals surface area (Å²) in [5, 5.41) is 9.27. The summed E-state index contributed by atoms with van der Waals surface area (Å²) in [6.45, 7) is 1.30. The summed E-state index contributed by atoms with van der Waals surface area (Å²) in [5.41, 5.74) is 0.759. The second-order valence-electron chi connectivity index (χ2n) is 4.76. The van der Waals surface area contributed by atoms with Crippen molar-refractivity contribution in [3.63, 3.8) is 0 Å². The second kappa shape index (κ2) is 6.35. The maximum absolute atomic E-state index is 12.4. The first-order valence-corrected chi connectivity index (χ1v) is 6.52. The first-order valence-electron chi connectivity index (χ1n) is 6.52. The van der Waals surface area contributed by atoms with Crippen LogP contribution >= 0.6 is 0 Å². The van der Waals surface area contributed by atoms with E-state index in [1.807, 2.05) is 30.3 Å². The van der Waals surface area contributed by atoms with Gasteiger partial charge in [0.15, 0.2) is 0 Å². The Morgan fingerprint density at radius 2 is 2.21 bits per heavy atom.